The number of unbranched alkanes of at least 4 members (excludes halogenated alkanes) is 1. The monoisotopic (exact) mass is 629 g/mol. The number of rotatable bonds is 11. The second-order valence-corrected chi connectivity index (χ2v) is 14.7. The molecule has 2 heterocycles. The Morgan fingerprint density at radius 2 is 1.66 bits per heavy atom. The van der Waals surface area contributed by atoms with Crippen LogP contribution in [0.5, 0.6) is 11.5 Å². The molecule has 0 spiro atoms. The highest BCUT2D eigenvalue weighted by atomic mass is 32.2. The van der Waals surface area contributed by atoms with E-state index in [4.69, 9.17) is 14.2 Å². The van der Waals surface area contributed by atoms with Gasteiger partial charge in [-0.15, -0.1) is 0 Å². The number of carbonyl (C=O) groups excluding carboxylic acids is 2. The number of sulfonamides is 1. The van der Waals surface area contributed by atoms with Crippen LogP contribution in [-0.2, 0) is 29.7 Å². The fourth-order valence-electron chi connectivity index (χ4n) is 6.48. The molecule has 2 aromatic rings. The van der Waals surface area contributed by atoms with Crippen LogP contribution in [0, 0.1) is 5.92 Å². The van der Waals surface area contributed by atoms with E-state index in [1.807, 2.05) is 36.4 Å². The van der Waals surface area contributed by atoms with Gasteiger partial charge in [0.05, 0.1) is 12.2 Å². The first-order valence-corrected chi connectivity index (χ1v) is 17.2. The maximum Gasteiger partial charge on any atom is 0.410 e. The Bertz CT molecular complexity index is 1380. The van der Waals surface area contributed by atoms with Crippen LogP contribution >= 0.6 is 0 Å². The Balaban J connectivity index is 1.65. The van der Waals surface area contributed by atoms with Gasteiger partial charge in [0.2, 0.25) is 15.9 Å². The number of benzene rings is 2. The number of likely N-dealkylation sites (N-methyl/N-ethyl adjacent to an activating group) is 1. The van der Waals surface area contributed by atoms with E-state index in [9.17, 15) is 18.0 Å². The lowest BCUT2D eigenvalue weighted by Gasteiger charge is -2.43. The van der Waals surface area contributed by atoms with Gasteiger partial charge in [-0.1, -0.05) is 43.3 Å². The van der Waals surface area contributed by atoms with E-state index < -0.39 is 39.1 Å². The number of hydrogen-bond acceptors (Lipinski definition) is 7. The molecule has 0 unspecified atom stereocenters. The molecule has 2 aromatic carbocycles. The summed E-state index contributed by atoms with van der Waals surface area (Å²) in [6.45, 7) is 8.57. The van der Waals surface area contributed by atoms with Crippen molar-refractivity contribution in [1.82, 2.24) is 14.5 Å². The highest BCUT2D eigenvalue weighted by Gasteiger charge is 2.44. The zero-order valence-electron chi connectivity index (χ0n) is 26.8. The molecule has 1 saturated heterocycles. The Labute approximate surface area is 262 Å². The van der Waals surface area contributed by atoms with E-state index in [-0.39, 0.29) is 25.5 Å². The molecule has 0 saturated carbocycles. The van der Waals surface area contributed by atoms with Gasteiger partial charge >= 0.3 is 6.09 Å². The molecule has 2 aliphatic rings. The first-order valence-electron chi connectivity index (χ1n) is 15.4. The lowest BCUT2D eigenvalue weighted by molar-refractivity contribution is -0.127. The molecule has 1 fully saturated rings. The molecule has 0 bridgehead atoms. The van der Waals surface area contributed by atoms with Crippen LogP contribution in [0.25, 0.3) is 0 Å². The molecule has 0 aromatic heterocycles. The number of carbonyl (C=O) groups is 2. The zero-order valence-corrected chi connectivity index (χ0v) is 27.6. The van der Waals surface area contributed by atoms with Crippen molar-refractivity contribution in [3.05, 3.63) is 59.7 Å². The number of nitrogens with zero attached hydrogens (tertiary/aromatic N) is 2. The number of hydrogen-bond donors (Lipinski definition) is 1. The third-order valence-corrected chi connectivity index (χ3v) is 9.80. The summed E-state index contributed by atoms with van der Waals surface area (Å²) in [5.41, 5.74) is 0.711. The molecular weight excluding hydrogens is 582 g/mol. The van der Waals surface area contributed by atoms with Crippen molar-refractivity contribution in [3.63, 3.8) is 0 Å². The Hall–Kier alpha value is -3.15. The van der Waals surface area contributed by atoms with E-state index in [0.717, 1.165) is 48.1 Å². The second-order valence-electron chi connectivity index (χ2n) is 12.8. The molecule has 4 rings (SSSR count). The van der Waals surface area contributed by atoms with E-state index in [0.29, 0.717) is 19.6 Å². The van der Waals surface area contributed by atoms with Crippen LogP contribution in [-0.4, -0.2) is 87.4 Å². The molecule has 0 aliphatic carbocycles. The number of para-hydroxylation sites is 2. The molecule has 10 nitrogen and oxygen atoms in total. The first-order chi connectivity index (χ1) is 20.8. The summed E-state index contributed by atoms with van der Waals surface area (Å²) in [6.07, 6.45) is 3.37. The van der Waals surface area contributed by atoms with E-state index in [1.165, 1.54) is 9.21 Å². The zero-order chi connectivity index (χ0) is 32.1. The van der Waals surface area contributed by atoms with Crippen molar-refractivity contribution >= 4 is 22.0 Å². The van der Waals surface area contributed by atoms with Crippen LogP contribution in [0.1, 0.15) is 64.5 Å². The largest absolute Gasteiger partial charge is 0.457 e. The average Bonchev–Trinajstić information content (AvgIpc) is 2.96. The summed E-state index contributed by atoms with van der Waals surface area (Å²) in [4.78, 5) is 28.7. The van der Waals surface area contributed by atoms with Gasteiger partial charge in [-0.25, -0.2) is 13.2 Å². The van der Waals surface area contributed by atoms with Crippen molar-refractivity contribution in [3.8, 4) is 11.5 Å². The molecule has 0 radical (unpaired) electrons. The number of ether oxygens (including phenoxy) is 3. The van der Waals surface area contributed by atoms with Crippen LogP contribution < -0.4 is 10.1 Å². The summed E-state index contributed by atoms with van der Waals surface area (Å²) >= 11 is 0. The molecule has 1 N–H and O–H groups in total. The maximum atomic E-state index is 14.0. The molecular formula is C33H47N3O7S. The van der Waals surface area contributed by atoms with Gasteiger partial charge in [0.1, 0.15) is 17.1 Å². The lowest BCUT2D eigenvalue weighted by atomic mass is 9.69. The quantitative estimate of drug-likeness (QED) is 0.351. The smallest absolute Gasteiger partial charge is 0.410 e. The van der Waals surface area contributed by atoms with Gasteiger partial charge in [0, 0.05) is 62.5 Å². The highest BCUT2D eigenvalue weighted by Crippen LogP contribution is 2.50. The number of fused-ring (bicyclic) bond motifs is 2. The van der Waals surface area contributed by atoms with Crippen molar-refractivity contribution in [1.29, 1.82) is 0 Å². The lowest BCUT2D eigenvalue weighted by Crippen LogP contribution is -2.57. The fourth-order valence-corrected chi connectivity index (χ4v) is 7.64. The third-order valence-electron chi connectivity index (χ3n) is 8.39. The van der Waals surface area contributed by atoms with E-state index in [2.05, 4.69) is 17.4 Å². The number of likely N-dealkylation sites (tertiary alicyclic amines) is 1. The molecule has 44 heavy (non-hydrogen) atoms. The highest BCUT2D eigenvalue weighted by molar-refractivity contribution is 7.88. The molecule has 2 atom stereocenters. The van der Waals surface area contributed by atoms with Crippen LogP contribution in [0.4, 0.5) is 4.79 Å². The SMILES string of the molecule is CCN([C@@H]1C[C@H](C(=O)NCC2(CCCCOC)c3ccccc3Oc3ccccc32)CN(C(=O)OC(C)(C)C)C1)S(C)(=O)=O. The first kappa shape index (κ1) is 33.7. The number of nitrogens with one attached hydrogen (secondary N) is 1. The van der Waals surface area contributed by atoms with Crippen molar-refractivity contribution in [2.75, 3.05) is 46.2 Å². The second kappa shape index (κ2) is 13.9. The Morgan fingerprint density at radius 1 is 1.05 bits per heavy atom. The summed E-state index contributed by atoms with van der Waals surface area (Å²) < 4.78 is 43.9. The fraction of sp³-hybridized carbons (Fsp3) is 0.576. The maximum absolute atomic E-state index is 14.0. The number of piperidine rings is 1. The summed E-state index contributed by atoms with van der Waals surface area (Å²) in [6, 6.07) is 15.3. The van der Waals surface area contributed by atoms with Crippen LogP contribution in [0.2, 0.25) is 0 Å². The minimum atomic E-state index is -3.57. The van der Waals surface area contributed by atoms with Gasteiger partial charge in [0.25, 0.3) is 0 Å². The molecule has 2 amide bonds. The summed E-state index contributed by atoms with van der Waals surface area (Å²) in [5.74, 6) is 0.652. The van der Waals surface area contributed by atoms with E-state index in [1.54, 1.807) is 34.8 Å². The van der Waals surface area contributed by atoms with Crippen LogP contribution in [0.3, 0.4) is 0 Å². The molecule has 242 valence electrons. The van der Waals surface area contributed by atoms with E-state index >= 15 is 0 Å². The molecule has 2 aliphatic heterocycles. The number of amides is 2. The van der Waals surface area contributed by atoms with Crippen molar-refractivity contribution < 1.29 is 32.2 Å². The predicted octanol–water partition coefficient (Wildman–Crippen LogP) is 4.92. The normalized spacial score (nSPS) is 19.5. The minimum absolute atomic E-state index is 0.135. The topological polar surface area (TPSA) is 114 Å². The Morgan fingerprint density at radius 3 is 2.20 bits per heavy atom. The average molecular weight is 630 g/mol. The standard InChI is InChI=1S/C33H47N3O7S/c1-7-36(44(6,39)40)25-20-24(21-35(22-25)31(38)43-32(2,3)4)30(37)34-23-33(18-12-13-19-41-5)26-14-8-10-16-28(26)42-29-17-11-9-15-27(29)33/h8-11,14-17,24-25H,7,12-13,18-23H2,1-6H3,(H,34,37)/t24-,25+/m0/s1. The summed E-state index contributed by atoms with van der Waals surface area (Å²) in [7, 11) is -1.88. The predicted molar refractivity (Wildman–Crippen MR) is 169 cm³/mol. The van der Waals surface area contributed by atoms with Crippen molar-refractivity contribution in [2.45, 2.75) is 70.4 Å². The minimum Gasteiger partial charge on any atom is -0.457 e. The van der Waals surface area contributed by atoms with Crippen LogP contribution in [0.15, 0.2) is 48.5 Å². The van der Waals surface area contributed by atoms with Gasteiger partial charge in [-0.2, -0.15) is 4.31 Å². The Kier molecular flexibility index (Phi) is 10.6. The van der Waals surface area contributed by atoms with Gasteiger partial charge in [-0.3, -0.25) is 4.79 Å². The molecule has 11 heteroatoms. The third kappa shape index (κ3) is 7.73. The van der Waals surface area contributed by atoms with Gasteiger partial charge in [0.15, 0.2) is 0 Å². The van der Waals surface area contributed by atoms with Gasteiger partial charge < -0.3 is 24.4 Å². The van der Waals surface area contributed by atoms with Gasteiger partial charge in [-0.05, 0) is 58.6 Å². The number of methoxy groups -OCH3 is 1. The van der Waals surface area contributed by atoms with Crippen molar-refractivity contribution in [2.24, 2.45) is 5.92 Å². The summed E-state index contributed by atoms with van der Waals surface area (Å²) in [5, 5.41) is 3.24.